The Morgan fingerprint density at radius 2 is 1.74 bits per heavy atom. The van der Waals surface area contributed by atoms with Crippen LogP contribution >= 0.6 is 15.9 Å². The van der Waals surface area contributed by atoms with Crippen molar-refractivity contribution in [1.29, 1.82) is 0 Å². The summed E-state index contributed by atoms with van der Waals surface area (Å²) in [4.78, 5) is 12.2. The normalized spacial score (nSPS) is 12.3. The molecule has 2 rings (SSSR count). The third kappa shape index (κ3) is 4.52. The smallest absolute Gasteiger partial charge is 0.251 e. The first-order chi connectivity index (χ1) is 12.4. The summed E-state index contributed by atoms with van der Waals surface area (Å²) in [7, 11) is -8.61. The van der Waals surface area contributed by atoms with Crippen LogP contribution in [0.5, 0.6) is 0 Å². The predicted octanol–water partition coefficient (Wildman–Crippen LogP) is 0.416. The molecule has 150 valence electrons. The second-order valence-electron chi connectivity index (χ2n) is 5.42. The lowest BCUT2D eigenvalue weighted by atomic mass is 10.2. The number of anilines is 1. The van der Waals surface area contributed by atoms with E-state index in [1.807, 2.05) is 0 Å². The molecule has 0 N–H and O–H groups in total. The van der Waals surface area contributed by atoms with Gasteiger partial charge in [-0.05, 0) is 44.9 Å². The SMILES string of the molecule is CS(=O)(=O)N(c1cc(-n2nnn(CCCF)c2=O)c(F)cc1Br)S(C)(=O)=O. The fourth-order valence-corrected chi connectivity index (χ4v) is 5.92. The van der Waals surface area contributed by atoms with Crippen LogP contribution in [0.4, 0.5) is 14.5 Å². The predicted molar refractivity (Wildman–Crippen MR) is 96.0 cm³/mol. The standard InChI is InChI=1S/C12H14BrF2N5O5S2/c1-26(22,23)20(27(2,24)25)10-7-11(9(15)6-8(10)13)19-12(21)18(16-17-19)5-3-4-14/h6-7H,3-5H2,1-2H3. The Balaban J connectivity index is 2.71. The van der Waals surface area contributed by atoms with E-state index < -0.39 is 49.6 Å². The maximum absolute atomic E-state index is 14.4. The Labute approximate surface area is 161 Å². The van der Waals surface area contributed by atoms with E-state index in [9.17, 15) is 30.4 Å². The summed E-state index contributed by atoms with van der Waals surface area (Å²) in [6, 6.07) is 1.62. The largest absolute Gasteiger partial charge is 0.368 e. The molecule has 0 saturated heterocycles. The molecule has 2 aromatic rings. The van der Waals surface area contributed by atoms with Gasteiger partial charge in [-0.25, -0.2) is 26.0 Å². The zero-order valence-electron chi connectivity index (χ0n) is 14.0. The molecule has 0 spiro atoms. The number of aryl methyl sites for hydroxylation is 1. The van der Waals surface area contributed by atoms with Crippen LogP contribution in [0.15, 0.2) is 21.4 Å². The van der Waals surface area contributed by atoms with Crippen molar-refractivity contribution in [3.05, 3.63) is 32.9 Å². The molecule has 1 aromatic heterocycles. The Morgan fingerprint density at radius 3 is 2.26 bits per heavy atom. The van der Waals surface area contributed by atoms with Crippen LogP contribution in [-0.4, -0.2) is 55.8 Å². The summed E-state index contributed by atoms with van der Waals surface area (Å²) in [6.45, 7) is -0.799. The number of hydrogen-bond acceptors (Lipinski definition) is 7. The van der Waals surface area contributed by atoms with Crippen molar-refractivity contribution in [2.75, 3.05) is 22.9 Å². The first-order valence-electron chi connectivity index (χ1n) is 7.16. The molecule has 0 aliphatic heterocycles. The van der Waals surface area contributed by atoms with E-state index in [1.54, 1.807) is 0 Å². The molecule has 0 aliphatic carbocycles. The number of alkyl halides is 1. The van der Waals surface area contributed by atoms with Gasteiger partial charge in [-0.2, -0.15) is 13.1 Å². The van der Waals surface area contributed by atoms with Gasteiger partial charge >= 0.3 is 5.69 Å². The minimum Gasteiger partial charge on any atom is -0.251 e. The minimum absolute atomic E-state index is 0.0113. The van der Waals surface area contributed by atoms with E-state index in [0.29, 0.717) is 17.2 Å². The summed E-state index contributed by atoms with van der Waals surface area (Å²) in [6.07, 6.45) is 1.30. The summed E-state index contributed by atoms with van der Waals surface area (Å²) in [5.74, 6) is -0.993. The van der Waals surface area contributed by atoms with E-state index in [4.69, 9.17) is 0 Å². The molecule has 27 heavy (non-hydrogen) atoms. The minimum atomic E-state index is -4.30. The van der Waals surface area contributed by atoms with Crippen molar-refractivity contribution in [3.63, 3.8) is 0 Å². The molecular formula is C12H14BrF2N5O5S2. The number of rotatable bonds is 7. The molecule has 0 atom stereocenters. The lowest BCUT2D eigenvalue weighted by Gasteiger charge is -2.21. The van der Waals surface area contributed by atoms with E-state index >= 15 is 0 Å². The maximum atomic E-state index is 14.4. The van der Waals surface area contributed by atoms with Crippen LogP contribution in [0.1, 0.15) is 6.42 Å². The quantitative estimate of drug-likeness (QED) is 0.551. The molecule has 0 radical (unpaired) electrons. The van der Waals surface area contributed by atoms with Gasteiger partial charge in [0.1, 0.15) is 11.5 Å². The average Bonchev–Trinajstić information content (AvgIpc) is 2.86. The molecule has 1 heterocycles. The van der Waals surface area contributed by atoms with Gasteiger partial charge in [0.2, 0.25) is 20.0 Å². The zero-order chi connectivity index (χ0) is 20.6. The third-order valence-electron chi connectivity index (χ3n) is 3.19. The van der Waals surface area contributed by atoms with Crippen LogP contribution < -0.4 is 9.40 Å². The lowest BCUT2D eigenvalue weighted by Crippen LogP contribution is -2.35. The second-order valence-corrected chi connectivity index (χ2v) is 10.2. The van der Waals surface area contributed by atoms with Crippen LogP contribution in [-0.2, 0) is 26.6 Å². The summed E-state index contributed by atoms with van der Waals surface area (Å²) in [5, 5.41) is 6.96. The zero-order valence-corrected chi connectivity index (χ0v) is 17.2. The first-order valence-corrected chi connectivity index (χ1v) is 11.7. The summed E-state index contributed by atoms with van der Waals surface area (Å²) < 4.78 is 75.6. The monoisotopic (exact) mass is 489 g/mol. The maximum Gasteiger partial charge on any atom is 0.368 e. The van der Waals surface area contributed by atoms with E-state index in [0.717, 1.165) is 16.8 Å². The van der Waals surface area contributed by atoms with Crippen molar-refractivity contribution in [2.45, 2.75) is 13.0 Å². The molecule has 0 amide bonds. The van der Waals surface area contributed by atoms with Crippen molar-refractivity contribution in [3.8, 4) is 5.69 Å². The van der Waals surface area contributed by atoms with E-state index in [-0.39, 0.29) is 21.1 Å². The van der Waals surface area contributed by atoms with Crippen molar-refractivity contribution >= 4 is 41.7 Å². The molecule has 10 nitrogen and oxygen atoms in total. The Kier molecular flexibility index (Phi) is 6.06. The van der Waals surface area contributed by atoms with Crippen LogP contribution in [0, 0.1) is 5.82 Å². The number of aromatic nitrogens is 4. The fraction of sp³-hybridized carbons (Fsp3) is 0.417. The highest BCUT2D eigenvalue weighted by Gasteiger charge is 2.30. The summed E-state index contributed by atoms with van der Waals surface area (Å²) >= 11 is 2.92. The number of benzene rings is 1. The van der Waals surface area contributed by atoms with Gasteiger partial charge in [-0.1, -0.05) is 0 Å². The third-order valence-corrected chi connectivity index (χ3v) is 7.04. The molecule has 0 bridgehead atoms. The van der Waals surface area contributed by atoms with Crippen molar-refractivity contribution in [2.24, 2.45) is 0 Å². The highest BCUT2D eigenvalue weighted by Crippen LogP contribution is 2.33. The van der Waals surface area contributed by atoms with Gasteiger partial charge in [0.15, 0.2) is 0 Å². The van der Waals surface area contributed by atoms with Crippen LogP contribution in [0.25, 0.3) is 5.69 Å². The Hall–Kier alpha value is -1.87. The van der Waals surface area contributed by atoms with Crippen molar-refractivity contribution in [1.82, 2.24) is 19.8 Å². The molecule has 0 unspecified atom stereocenters. The van der Waals surface area contributed by atoms with Gasteiger partial charge in [0, 0.05) is 4.47 Å². The van der Waals surface area contributed by atoms with E-state index in [2.05, 4.69) is 26.4 Å². The van der Waals surface area contributed by atoms with E-state index in [1.165, 1.54) is 0 Å². The van der Waals surface area contributed by atoms with Gasteiger partial charge in [-0.3, -0.25) is 4.39 Å². The Bertz CT molecular complexity index is 1100. The van der Waals surface area contributed by atoms with Crippen LogP contribution in [0.2, 0.25) is 0 Å². The van der Waals surface area contributed by atoms with Gasteiger partial charge < -0.3 is 0 Å². The second kappa shape index (κ2) is 7.63. The van der Waals surface area contributed by atoms with Crippen molar-refractivity contribution < 1.29 is 25.6 Å². The molecule has 1 aromatic carbocycles. The lowest BCUT2D eigenvalue weighted by molar-refractivity contribution is 0.427. The van der Waals surface area contributed by atoms with Gasteiger partial charge in [-0.15, -0.1) is 0 Å². The highest BCUT2D eigenvalue weighted by atomic mass is 79.9. The summed E-state index contributed by atoms with van der Waals surface area (Å²) in [5.41, 5.74) is -1.87. The van der Waals surface area contributed by atoms with Gasteiger partial charge in [0.05, 0.1) is 31.4 Å². The average molecular weight is 490 g/mol. The molecule has 0 saturated carbocycles. The fourth-order valence-electron chi connectivity index (χ4n) is 2.21. The molecule has 0 fully saturated rings. The first kappa shape index (κ1) is 21.4. The number of nitrogens with zero attached hydrogens (tertiary/aromatic N) is 5. The Morgan fingerprint density at radius 1 is 1.15 bits per heavy atom. The molecule has 15 heteroatoms. The number of tetrazole rings is 1. The molecule has 0 aliphatic rings. The number of sulfonamides is 2. The number of hydrogen-bond donors (Lipinski definition) is 0. The molecular weight excluding hydrogens is 476 g/mol. The highest BCUT2D eigenvalue weighted by molar-refractivity contribution is 9.10. The van der Waals surface area contributed by atoms with Gasteiger partial charge in [0.25, 0.3) is 0 Å². The number of halogens is 3. The topological polar surface area (TPSA) is 124 Å². The van der Waals surface area contributed by atoms with Crippen LogP contribution in [0.3, 0.4) is 0 Å².